The van der Waals surface area contributed by atoms with Crippen molar-refractivity contribution in [2.24, 2.45) is 11.1 Å². The second-order valence-electron chi connectivity index (χ2n) is 7.31. The number of hydrogen-bond donors (Lipinski definition) is 2. The number of primary sulfonamides is 1. The number of rotatable bonds is 5. The van der Waals surface area contributed by atoms with Gasteiger partial charge in [0.1, 0.15) is 0 Å². The van der Waals surface area contributed by atoms with Crippen molar-refractivity contribution in [2.75, 3.05) is 13.1 Å². The molecule has 1 aromatic carbocycles. The minimum absolute atomic E-state index is 0.00577. The molecular weight excluding hydrogens is 342 g/mol. The fourth-order valence-electron chi connectivity index (χ4n) is 2.85. The Labute approximate surface area is 148 Å². The SMILES string of the molecule is CC(C)(C)N1CC(C(=O)NCCc2ccc(S(N)(=O)=O)cc2)CC1=O. The first kappa shape index (κ1) is 19.4. The third-order valence-corrected chi connectivity index (χ3v) is 5.20. The first-order valence-electron chi connectivity index (χ1n) is 8.18. The number of nitrogens with two attached hydrogens (primary N) is 1. The van der Waals surface area contributed by atoms with Crippen molar-refractivity contribution < 1.29 is 18.0 Å². The number of amides is 2. The average molecular weight is 367 g/mol. The van der Waals surface area contributed by atoms with E-state index in [0.29, 0.717) is 19.5 Å². The molecule has 1 fully saturated rings. The monoisotopic (exact) mass is 367 g/mol. The largest absolute Gasteiger partial charge is 0.355 e. The number of carbonyl (C=O) groups is 2. The maximum atomic E-state index is 12.3. The van der Waals surface area contributed by atoms with Gasteiger partial charge in [0.2, 0.25) is 21.8 Å². The van der Waals surface area contributed by atoms with Gasteiger partial charge >= 0.3 is 0 Å². The number of benzene rings is 1. The normalized spacial score (nSPS) is 18.5. The first-order valence-corrected chi connectivity index (χ1v) is 9.73. The summed E-state index contributed by atoms with van der Waals surface area (Å²) in [6.07, 6.45) is 0.812. The van der Waals surface area contributed by atoms with Crippen LogP contribution in [0.2, 0.25) is 0 Å². The molecule has 1 heterocycles. The van der Waals surface area contributed by atoms with Gasteiger partial charge in [-0.2, -0.15) is 0 Å². The van der Waals surface area contributed by atoms with E-state index < -0.39 is 10.0 Å². The first-order chi connectivity index (χ1) is 11.5. The second-order valence-corrected chi connectivity index (χ2v) is 8.87. The van der Waals surface area contributed by atoms with Gasteiger partial charge in [-0.05, 0) is 44.9 Å². The summed E-state index contributed by atoms with van der Waals surface area (Å²) in [4.78, 5) is 26.1. The summed E-state index contributed by atoms with van der Waals surface area (Å²) in [5, 5.41) is 7.90. The smallest absolute Gasteiger partial charge is 0.238 e. The van der Waals surface area contributed by atoms with Crippen LogP contribution in [-0.4, -0.2) is 43.8 Å². The third kappa shape index (κ3) is 5.02. The van der Waals surface area contributed by atoms with E-state index in [9.17, 15) is 18.0 Å². The van der Waals surface area contributed by atoms with Crippen molar-refractivity contribution in [1.82, 2.24) is 10.2 Å². The standard InChI is InChI=1S/C17H25N3O4S/c1-17(2,3)20-11-13(10-15(20)21)16(22)19-9-8-12-4-6-14(7-5-12)25(18,23)24/h4-7,13H,8-11H2,1-3H3,(H,19,22)(H2,18,23,24). The maximum Gasteiger partial charge on any atom is 0.238 e. The molecule has 1 aliphatic rings. The summed E-state index contributed by atoms with van der Waals surface area (Å²) in [5.41, 5.74) is 0.614. The maximum absolute atomic E-state index is 12.3. The van der Waals surface area contributed by atoms with Crippen molar-refractivity contribution in [2.45, 2.75) is 44.0 Å². The van der Waals surface area contributed by atoms with E-state index in [1.807, 2.05) is 20.8 Å². The Balaban J connectivity index is 1.84. The minimum atomic E-state index is -3.69. The molecule has 0 spiro atoms. The van der Waals surface area contributed by atoms with Gasteiger partial charge in [-0.15, -0.1) is 0 Å². The molecular formula is C17H25N3O4S. The molecule has 0 bridgehead atoms. The number of hydrogen-bond acceptors (Lipinski definition) is 4. The van der Waals surface area contributed by atoms with E-state index in [2.05, 4.69) is 5.32 Å². The Bertz CT molecular complexity index is 751. The lowest BCUT2D eigenvalue weighted by molar-refractivity contribution is -0.132. The molecule has 25 heavy (non-hydrogen) atoms. The van der Waals surface area contributed by atoms with E-state index in [-0.39, 0.29) is 34.6 Å². The Hall–Kier alpha value is -1.93. The molecule has 1 unspecified atom stereocenters. The summed E-state index contributed by atoms with van der Waals surface area (Å²) in [6, 6.07) is 6.24. The van der Waals surface area contributed by atoms with Gasteiger partial charge in [0.15, 0.2) is 0 Å². The van der Waals surface area contributed by atoms with Crippen molar-refractivity contribution in [3.63, 3.8) is 0 Å². The molecule has 0 saturated carbocycles. The molecule has 2 amide bonds. The summed E-state index contributed by atoms with van der Waals surface area (Å²) in [5.74, 6) is -0.441. The van der Waals surface area contributed by atoms with Crippen LogP contribution in [0.25, 0.3) is 0 Å². The molecule has 3 N–H and O–H groups in total. The van der Waals surface area contributed by atoms with Crippen LogP contribution in [-0.2, 0) is 26.0 Å². The summed E-state index contributed by atoms with van der Waals surface area (Å²) < 4.78 is 22.4. The Morgan fingerprint density at radius 2 is 1.88 bits per heavy atom. The number of nitrogens with zero attached hydrogens (tertiary/aromatic N) is 1. The van der Waals surface area contributed by atoms with E-state index >= 15 is 0 Å². The fourth-order valence-corrected chi connectivity index (χ4v) is 3.37. The highest BCUT2D eigenvalue weighted by Gasteiger charge is 2.39. The molecule has 0 aromatic heterocycles. The van der Waals surface area contributed by atoms with Crippen molar-refractivity contribution in [1.29, 1.82) is 0 Å². The van der Waals surface area contributed by atoms with E-state index in [0.717, 1.165) is 5.56 Å². The summed E-state index contributed by atoms with van der Waals surface area (Å²) in [6.45, 7) is 6.73. The molecule has 0 radical (unpaired) electrons. The molecule has 8 heteroatoms. The van der Waals surface area contributed by atoms with Crippen molar-refractivity contribution in [3.05, 3.63) is 29.8 Å². The Kier molecular flexibility index (Phi) is 5.53. The lowest BCUT2D eigenvalue weighted by atomic mass is 10.1. The molecule has 1 aliphatic heterocycles. The quantitative estimate of drug-likeness (QED) is 0.796. The van der Waals surface area contributed by atoms with Gasteiger partial charge in [-0.1, -0.05) is 12.1 Å². The molecule has 138 valence electrons. The van der Waals surface area contributed by atoms with E-state index in [4.69, 9.17) is 5.14 Å². The van der Waals surface area contributed by atoms with Crippen LogP contribution >= 0.6 is 0 Å². The zero-order chi connectivity index (χ0) is 18.8. The average Bonchev–Trinajstić information content (AvgIpc) is 2.89. The number of carbonyl (C=O) groups excluding carboxylic acids is 2. The van der Waals surface area contributed by atoms with Gasteiger partial charge in [-0.3, -0.25) is 9.59 Å². The van der Waals surface area contributed by atoms with Gasteiger partial charge < -0.3 is 10.2 Å². The lowest BCUT2D eigenvalue weighted by Crippen LogP contribution is -2.43. The number of likely N-dealkylation sites (tertiary alicyclic amines) is 1. The Morgan fingerprint density at radius 3 is 2.36 bits per heavy atom. The topological polar surface area (TPSA) is 110 Å². The minimum Gasteiger partial charge on any atom is -0.355 e. The second kappa shape index (κ2) is 7.13. The summed E-state index contributed by atoms with van der Waals surface area (Å²) in [7, 11) is -3.69. The van der Waals surface area contributed by atoms with Crippen LogP contribution in [0.3, 0.4) is 0 Å². The highest BCUT2D eigenvalue weighted by molar-refractivity contribution is 7.89. The van der Waals surface area contributed by atoms with Gasteiger partial charge in [0.25, 0.3) is 0 Å². The van der Waals surface area contributed by atoms with Crippen LogP contribution in [0.1, 0.15) is 32.8 Å². The van der Waals surface area contributed by atoms with Crippen LogP contribution in [0.4, 0.5) is 0 Å². The van der Waals surface area contributed by atoms with Crippen molar-refractivity contribution in [3.8, 4) is 0 Å². The fraction of sp³-hybridized carbons (Fsp3) is 0.529. The van der Waals surface area contributed by atoms with Gasteiger partial charge in [-0.25, -0.2) is 13.6 Å². The zero-order valence-corrected chi connectivity index (χ0v) is 15.6. The lowest BCUT2D eigenvalue weighted by Gasteiger charge is -2.31. The van der Waals surface area contributed by atoms with Gasteiger partial charge in [0.05, 0.1) is 10.8 Å². The molecule has 1 saturated heterocycles. The Morgan fingerprint density at radius 1 is 1.28 bits per heavy atom. The van der Waals surface area contributed by atoms with Crippen LogP contribution in [0.15, 0.2) is 29.2 Å². The summed E-state index contributed by atoms with van der Waals surface area (Å²) >= 11 is 0. The molecule has 0 aliphatic carbocycles. The number of sulfonamides is 1. The van der Waals surface area contributed by atoms with Crippen molar-refractivity contribution >= 4 is 21.8 Å². The molecule has 1 aromatic rings. The molecule has 2 rings (SSSR count). The van der Waals surface area contributed by atoms with Crippen LogP contribution in [0.5, 0.6) is 0 Å². The van der Waals surface area contributed by atoms with Gasteiger partial charge in [0, 0.05) is 25.0 Å². The predicted octanol–water partition coefficient (Wildman–Crippen LogP) is 0.640. The third-order valence-electron chi connectivity index (χ3n) is 4.27. The predicted molar refractivity (Wildman–Crippen MR) is 94.1 cm³/mol. The highest BCUT2D eigenvalue weighted by atomic mass is 32.2. The zero-order valence-electron chi connectivity index (χ0n) is 14.8. The molecule has 1 atom stereocenters. The van der Waals surface area contributed by atoms with E-state index in [1.165, 1.54) is 12.1 Å². The van der Waals surface area contributed by atoms with Crippen LogP contribution < -0.4 is 10.5 Å². The van der Waals surface area contributed by atoms with Crippen LogP contribution in [0, 0.1) is 5.92 Å². The highest BCUT2D eigenvalue weighted by Crippen LogP contribution is 2.25. The van der Waals surface area contributed by atoms with E-state index in [1.54, 1.807) is 17.0 Å². The number of nitrogens with one attached hydrogen (secondary N) is 1. The molecule has 7 nitrogen and oxygen atoms in total.